The molecule has 1 aliphatic rings. The summed E-state index contributed by atoms with van der Waals surface area (Å²) in [6.45, 7) is 1.18. The van der Waals surface area contributed by atoms with E-state index in [9.17, 15) is 14.5 Å². The summed E-state index contributed by atoms with van der Waals surface area (Å²) in [4.78, 5) is 12.2. The molecule has 0 saturated carbocycles. The number of nitrogens with zero attached hydrogens (tertiary/aromatic N) is 2. The van der Waals surface area contributed by atoms with Crippen LogP contribution in [0.1, 0.15) is 11.1 Å². The third-order valence-corrected chi connectivity index (χ3v) is 2.72. The zero-order valence-electron chi connectivity index (χ0n) is 8.36. The molecule has 0 unspecified atom stereocenters. The standard InChI is InChI=1S/C10H11FN2O2/c1-12-5-4-7-8(6-12)9(11)2-3-10(7)13(14)15/h2-3H,4-6H2,1H3. The summed E-state index contributed by atoms with van der Waals surface area (Å²) in [6.07, 6.45) is 0.542. The normalized spacial score (nSPS) is 16.1. The topological polar surface area (TPSA) is 46.4 Å². The smallest absolute Gasteiger partial charge is 0.273 e. The Morgan fingerprint density at radius 2 is 2.20 bits per heavy atom. The highest BCUT2D eigenvalue weighted by atomic mass is 19.1. The molecule has 0 bridgehead atoms. The molecule has 0 aliphatic carbocycles. The first-order chi connectivity index (χ1) is 7.09. The Hall–Kier alpha value is -1.49. The number of hydrogen-bond donors (Lipinski definition) is 0. The first kappa shape index (κ1) is 10.0. The molecule has 0 saturated heterocycles. The quantitative estimate of drug-likeness (QED) is 0.523. The Kier molecular flexibility index (Phi) is 2.40. The van der Waals surface area contributed by atoms with E-state index in [1.54, 1.807) is 0 Å². The molecule has 2 rings (SSSR count). The molecular formula is C10H11FN2O2. The average Bonchev–Trinajstić information content (AvgIpc) is 2.19. The molecule has 0 radical (unpaired) electrons. The fraction of sp³-hybridized carbons (Fsp3) is 0.400. The zero-order chi connectivity index (χ0) is 11.0. The SMILES string of the molecule is CN1CCc2c([N+](=O)[O-])ccc(F)c2C1. The highest BCUT2D eigenvalue weighted by molar-refractivity contribution is 5.47. The van der Waals surface area contributed by atoms with Crippen molar-refractivity contribution in [3.63, 3.8) is 0 Å². The van der Waals surface area contributed by atoms with Gasteiger partial charge < -0.3 is 4.90 Å². The van der Waals surface area contributed by atoms with Gasteiger partial charge in [-0.1, -0.05) is 0 Å². The maximum atomic E-state index is 13.4. The van der Waals surface area contributed by atoms with Gasteiger partial charge in [0, 0.05) is 30.3 Å². The predicted octanol–water partition coefficient (Wildman–Crippen LogP) is 1.72. The molecule has 0 atom stereocenters. The van der Waals surface area contributed by atoms with Gasteiger partial charge >= 0.3 is 0 Å². The molecular weight excluding hydrogens is 199 g/mol. The average molecular weight is 210 g/mol. The Labute approximate surface area is 86.5 Å². The predicted molar refractivity (Wildman–Crippen MR) is 53.1 cm³/mol. The third kappa shape index (κ3) is 1.70. The van der Waals surface area contributed by atoms with Crippen LogP contribution in [0.2, 0.25) is 0 Å². The van der Waals surface area contributed by atoms with Crippen molar-refractivity contribution in [2.45, 2.75) is 13.0 Å². The lowest BCUT2D eigenvalue weighted by atomic mass is 9.98. The molecule has 1 aliphatic heterocycles. The number of hydrogen-bond acceptors (Lipinski definition) is 3. The number of fused-ring (bicyclic) bond motifs is 1. The van der Waals surface area contributed by atoms with Crippen molar-refractivity contribution in [2.75, 3.05) is 13.6 Å². The maximum Gasteiger partial charge on any atom is 0.273 e. The largest absolute Gasteiger partial charge is 0.302 e. The number of likely N-dealkylation sites (N-methyl/N-ethyl adjacent to an activating group) is 1. The highest BCUT2D eigenvalue weighted by Gasteiger charge is 2.24. The van der Waals surface area contributed by atoms with E-state index in [4.69, 9.17) is 0 Å². The van der Waals surface area contributed by atoms with Crippen molar-refractivity contribution in [2.24, 2.45) is 0 Å². The molecule has 1 aromatic carbocycles. The number of nitro benzene ring substituents is 1. The van der Waals surface area contributed by atoms with Crippen molar-refractivity contribution < 1.29 is 9.31 Å². The van der Waals surface area contributed by atoms with Crippen LogP contribution in [0.5, 0.6) is 0 Å². The van der Waals surface area contributed by atoms with Crippen LogP contribution < -0.4 is 0 Å². The minimum absolute atomic E-state index is 0.0412. The van der Waals surface area contributed by atoms with Gasteiger partial charge in [-0.2, -0.15) is 0 Å². The van der Waals surface area contributed by atoms with E-state index in [0.717, 1.165) is 6.54 Å². The second-order valence-electron chi connectivity index (χ2n) is 3.77. The van der Waals surface area contributed by atoms with Gasteiger partial charge in [0.25, 0.3) is 5.69 Å². The monoisotopic (exact) mass is 210 g/mol. The van der Waals surface area contributed by atoms with E-state index in [1.807, 2.05) is 11.9 Å². The van der Waals surface area contributed by atoms with Gasteiger partial charge in [-0.05, 0) is 19.5 Å². The van der Waals surface area contributed by atoms with Crippen LogP contribution in [0.15, 0.2) is 12.1 Å². The summed E-state index contributed by atoms with van der Waals surface area (Å²) < 4.78 is 13.4. The summed E-state index contributed by atoms with van der Waals surface area (Å²) in [5, 5.41) is 10.7. The summed E-state index contributed by atoms with van der Waals surface area (Å²) in [7, 11) is 1.88. The first-order valence-electron chi connectivity index (χ1n) is 4.73. The third-order valence-electron chi connectivity index (χ3n) is 2.72. The first-order valence-corrected chi connectivity index (χ1v) is 4.73. The molecule has 0 fully saturated rings. The van der Waals surface area contributed by atoms with Crippen molar-refractivity contribution in [1.82, 2.24) is 4.90 Å². The second-order valence-corrected chi connectivity index (χ2v) is 3.77. The summed E-state index contributed by atoms with van der Waals surface area (Å²) in [6, 6.07) is 2.43. The lowest BCUT2D eigenvalue weighted by Crippen LogP contribution is -2.28. The second kappa shape index (κ2) is 3.58. The van der Waals surface area contributed by atoms with Crippen molar-refractivity contribution in [3.05, 3.63) is 39.2 Å². The highest BCUT2D eigenvalue weighted by Crippen LogP contribution is 2.29. The molecule has 1 aromatic rings. The molecule has 4 nitrogen and oxygen atoms in total. The van der Waals surface area contributed by atoms with Gasteiger partial charge in [0.1, 0.15) is 5.82 Å². The Morgan fingerprint density at radius 3 is 2.87 bits per heavy atom. The molecule has 0 N–H and O–H groups in total. The van der Waals surface area contributed by atoms with Crippen molar-refractivity contribution >= 4 is 5.69 Å². The van der Waals surface area contributed by atoms with E-state index >= 15 is 0 Å². The van der Waals surface area contributed by atoms with E-state index in [0.29, 0.717) is 24.1 Å². The number of nitro groups is 1. The molecule has 0 amide bonds. The number of halogens is 1. The van der Waals surface area contributed by atoms with Gasteiger partial charge in [-0.3, -0.25) is 10.1 Å². The van der Waals surface area contributed by atoms with Crippen LogP contribution in [-0.2, 0) is 13.0 Å². The molecule has 80 valence electrons. The molecule has 0 spiro atoms. The lowest BCUT2D eigenvalue weighted by molar-refractivity contribution is -0.385. The zero-order valence-corrected chi connectivity index (χ0v) is 8.36. The molecule has 0 aromatic heterocycles. The fourth-order valence-electron chi connectivity index (χ4n) is 1.92. The number of rotatable bonds is 1. The minimum Gasteiger partial charge on any atom is -0.302 e. The van der Waals surface area contributed by atoms with Gasteiger partial charge in [0.15, 0.2) is 0 Å². The minimum atomic E-state index is -0.441. The van der Waals surface area contributed by atoms with E-state index < -0.39 is 4.92 Å². The van der Waals surface area contributed by atoms with E-state index in [1.165, 1.54) is 12.1 Å². The molecule has 15 heavy (non-hydrogen) atoms. The van der Waals surface area contributed by atoms with Gasteiger partial charge in [-0.15, -0.1) is 0 Å². The van der Waals surface area contributed by atoms with Crippen LogP contribution in [-0.4, -0.2) is 23.4 Å². The van der Waals surface area contributed by atoms with Gasteiger partial charge in [0.2, 0.25) is 0 Å². The Bertz CT molecular complexity index is 420. The summed E-state index contributed by atoms with van der Waals surface area (Å²) >= 11 is 0. The van der Waals surface area contributed by atoms with Crippen LogP contribution in [0.3, 0.4) is 0 Å². The van der Waals surface area contributed by atoms with Crippen LogP contribution >= 0.6 is 0 Å². The van der Waals surface area contributed by atoms with Gasteiger partial charge in [0.05, 0.1) is 4.92 Å². The van der Waals surface area contributed by atoms with Crippen LogP contribution in [0, 0.1) is 15.9 Å². The van der Waals surface area contributed by atoms with E-state index in [2.05, 4.69) is 0 Å². The summed E-state index contributed by atoms with van der Waals surface area (Å²) in [5.41, 5.74) is 1.07. The van der Waals surface area contributed by atoms with Crippen molar-refractivity contribution in [3.8, 4) is 0 Å². The molecule has 1 heterocycles. The molecule has 5 heteroatoms. The summed E-state index contributed by atoms with van der Waals surface area (Å²) in [5.74, 6) is -0.345. The Morgan fingerprint density at radius 1 is 1.47 bits per heavy atom. The number of benzene rings is 1. The van der Waals surface area contributed by atoms with Gasteiger partial charge in [-0.25, -0.2) is 4.39 Å². The van der Waals surface area contributed by atoms with Crippen molar-refractivity contribution in [1.29, 1.82) is 0 Å². The lowest BCUT2D eigenvalue weighted by Gasteiger charge is -2.24. The van der Waals surface area contributed by atoms with E-state index in [-0.39, 0.29) is 11.5 Å². The van der Waals surface area contributed by atoms with Crippen LogP contribution in [0.4, 0.5) is 10.1 Å². The fourth-order valence-corrected chi connectivity index (χ4v) is 1.92. The maximum absolute atomic E-state index is 13.4. The Balaban J connectivity index is 2.55. The van der Waals surface area contributed by atoms with Crippen LogP contribution in [0.25, 0.3) is 0 Å².